The average molecular weight is 2030 g/mol. The second-order valence-corrected chi connectivity index (χ2v) is 42.4. The normalized spacial score (nSPS) is 30.8. The van der Waals surface area contributed by atoms with Gasteiger partial charge in [0, 0.05) is 96.1 Å². The number of methoxy groups -OCH3 is 4. The Bertz CT molecular complexity index is 5290. The van der Waals surface area contributed by atoms with Crippen molar-refractivity contribution < 1.29 is 95.5 Å². The van der Waals surface area contributed by atoms with Gasteiger partial charge in [-0.05, 0) is 142 Å². The summed E-state index contributed by atoms with van der Waals surface area (Å²) in [4.78, 5) is 39.6. The topological polar surface area (TPSA) is 363 Å². The van der Waals surface area contributed by atoms with Crippen LogP contribution < -0.4 is 34.4 Å². The van der Waals surface area contributed by atoms with Crippen LogP contribution in [0.15, 0.2) is 187 Å². The van der Waals surface area contributed by atoms with Crippen LogP contribution in [0.4, 0.5) is 78.5 Å². The Morgan fingerprint density at radius 2 is 0.541 bits per heavy atom. The van der Waals surface area contributed by atoms with Crippen molar-refractivity contribution >= 4 is 135 Å². The summed E-state index contributed by atoms with van der Waals surface area (Å²) in [7, 11) is 5.93. The van der Waals surface area contributed by atoms with Gasteiger partial charge < -0.3 is 63.6 Å². The Morgan fingerprint density at radius 1 is 0.326 bits per heavy atom. The monoisotopic (exact) mass is 2030 g/mol. The highest BCUT2D eigenvalue weighted by molar-refractivity contribution is 8.16. The van der Waals surface area contributed by atoms with E-state index in [1.54, 1.807) is 107 Å². The molecule has 43 heteroatoms. The molecule has 7 aromatic carbocycles. The number of anilines is 2. The van der Waals surface area contributed by atoms with Crippen molar-refractivity contribution in [2.24, 2.45) is 57.9 Å². The van der Waals surface area contributed by atoms with Gasteiger partial charge in [0.05, 0.1) is 91.2 Å². The number of hydrogen-bond acceptors (Lipinski definition) is 28. The van der Waals surface area contributed by atoms with Gasteiger partial charge in [0.25, 0.3) is 5.69 Å². The van der Waals surface area contributed by atoms with E-state index in [4.69, 9.17) is 53.3 Å². The first-order chi connectivity index (χ1) is 63.5. The van der Waals surface area contributed by atoms with Gasteiger partial charge in [-0.2, -0.15) is 0 Å². The number of amidine groups is 4. The summed E-state index contributed by atoms with van der Waals surface area (Å²) in [6, 6.07) is 35.6. The van der Waals surface area contributed by atoms with Crippen molar-refractivity contribution in [1.29, 1.82) is 0 Å². The molecule has 0 saturated heterocycles. The molecule has 0 aliphatic carbocycles. The first-order valence-corrected chi connectivity index (χ1v) is 48.2. The molecule has 7 aliphatic rings. The summed E-state index contributed by atoms with van der Waals surface area (Å²) >= 11 is 8.18. The lowest BCUT2D eigenvalue weighted by Gasteiger charge is -2.38. The number of aliphatic hydroxyl groups is 2. The van der Waals surface area contributed by atoms with Gasteiger partial charge in [-0.1, -0.05) is 127 Å². The van der Waals surface area contributed by atoms with Gasteiger partial charge in [-0.15, -0.1) is 35.3 Å². The number of aliphatic hydroxyl groups excluding tert-OH is 2. The number of benzene rings is 7. The molecular weight excluding hydrogens is 1920 g/mol. The standard InChI is InChI=1S/C14H17F2NOS.C14H17F2NS.C13H15F2N3O3S.C13H17F2N3OS.C13H16F2N2OS.C13H15F2NOS.C12H15F2N3OS/c1-9-17-14(2,10-6-4-5-7-11(10)15)13(16)12(19-9)8-18-3;1-4-12-13(16)14(3,17-9(2)18-12)10-7-5-6-8-11(10)15;1-13(8-5-7(18(19)20)3-4-9(8)14)11(15)10(6-21-2)22-12(16)17-13;1-13(8-5-7(16)3-4-9(8)14)11(15)10(6-19-2)20-12(17)18-13;1-13(8-5-3-4-6-9(8)14)11(15)10(7-18-2)19-12(16)17-13;1-8-16-13(2,12(15)11(7-17)18-8)9-5-3-4-6-10(9)14;1-12(7-4-6(15)2-3-8(7)13)10(14)9(5-18)19-11(16)17-12/h4-7,12-13H,8H2,1-3H3;5-8,12-13H,4H2,1-3H3;3-5,10-11H,6H2,1-2H3,(H2,16,17);3-5,10-11H,6,16H2,1-2H3,(H2,17,18);3-6,10-11H,7H2,1-2H3,(H2,16,17);3-6,11-12,17H,7H2,1-2H3;2-4,9-10,18H,5,15H2,1H3,(H2,16,17)/t2*12-,13+,14-;3*10-,11+,13-;11-,12+,13-;9-,10+,12-/m1111111/s1. The molecular formula is C92H112F14N14O8S7. The zero-order chi connectivity index (χ0) is 100. The van der Waals surface area contributed by atoms with Crippen LogP contribution in [-0.2, 0) is 57.7 Å². The fourth-order valence-electron chi connectivity index (χ4n) is 16.2. The first-order valence-electron chi connectivity index (χ1n) is 42.0. The van der Waals surface area contributed by atoms with Crippen molar-refractivity contribution in [2.45, 2.75) is 201 Å². The summed E-state index contributed by atoms with van der Waals surface area (Å²) in [5.41, 5.74) is 26.1. The van der Waals surface area contributed by atoms with Crippen LogP contribution in [0.5, 0.6) is 0 Å². The van der Waals surface area contributed by atoms with Crippen LogP contribution in [0.3, 0.4) is 0 Å². The Balaban J connectivity index is 0.000000194. The molecule has 0 aromatic heterocycles. The van der Waals surface area contributed by atoms with Crippen LogP contribution in [0.1, 0.15) is 122 Å². The van der Waals surface area contributed by atoms with Gasteiger partial charge in [-0.3, -0.25) is 25.1 Å². The molecule has 0 spiro atoms. The minimum atomic E-state index is -1.64. The predicted molar refractivity (Wildman–Crippen MR) is 523 cm³/mol. The third-order valence-corrected chi connectivity index (χ3v) is 30.8. The molecule has 7 heterocycles. The van der Waals surface area contributed by atoms with Crippen molar-refractivity contribution in [2.75, 3.05) is 79.5 Å². The fraction of sp³-hybridized carbons (Fsp3) is 0.467. The molecule has 7 aliphatic heterocycles. The third kappa shape index (κ3) is 26.0. The fourth-order valence-corrected chi connectivity index (χ4v) is 24.3. The molecule has 22 nitrogen and oxygen atoms in total. The number of non-ortho nitro benzene ring substituents is 1. The number of rotatable bonds is 19. The highest BCUT2D eigenvalue weighted by Gasteiger charge is 2.54. The summed E-state index contributed by atoms with van der Waals surface area (Å²) in [5.74, 6) is -3.68. The molecule has 7 aromatic rings. The Morgan fingerprint density at radius 3 is 0.815 bits per heavy atom. The second kappa shape index (κ2) is 48.5. The van der Waals surface area contributed by atoms with Gasteiger partial charge in [-0.25, -0.2) is 81.4 Å². The molecule has 738 valence electrons. The molecule has 0 unspecified atom stereocenters. The molecule has 14 N–H and O–H groups in total. The van der Waals surface area contributed by atoms with Gasteiger partial charge in [0.1, 0.15) is 123 Å². The maximum atomic E-state index is 14.9. The van der Waals surface area contributed by atoms with E-state index in [-0.39, 0.29) is 104 Å². The van der Waals surface area contributed by atoms with Crippen LogP contribution in [0.25, 0.3) is 0 Å². The molecule has 0 bridgehead atoms. The molecule has 14 rings (SSSR count). The lowest BCUT2D eigenvalue weighted by Crippen LogP contribution is -2.47. The Kier molecular flexibility index (Phi) is 40.2. The summed E-state index contributed by atoms with van der Waals surface area (Å²) in [5, 5.41) is 28.6. The molecule has 0 fully saturated rings. The SMILES string of the molecule is CC1=N[C@](C)(c2ccccc2F)[C@@H](F)[C@@H](CO)S1.CC[C@H]1SC(C)=N[C@](C)(c2ccccc2F)[C@H]1F.COC[C@H]1SC(C)=N[C@](C)(c2ccccc2F)[C@H]1F.COC[C@H]1SC(N)=N[C@](C)(c2cc(N)ccc2F)[C@H]1F.COC[C@H]1SC(N)=N[C@](C)(c2cc([N+](=O)[O-])ccc2F)[C@H]1F.COC[C@H]1SC(N)=N[C@](C)(c2ccccc2F)[C@H]1F.C[C@]1(c2cc(N)ccc2F)N=C(N)S[C@H](CO)[C@@H]1F. The number of hydrogen-bond donors (Lipinski definition) is 8. The number of nitro groups is 1. The minimum absolute atomic E-state index is 0.0432. The van der Waals surface area contributed by atoms with E-state index in [2.05, 4.69) is 34.9 Å². The number of thioether (sulfide) groups is 7. The Labute approximate surface area is 805 Å². The van der Waals surface area contributed by atoms with E-state index >= 15 is 0 Å². The highest BCUT2D eigenvalue weighted by atomic mass is 32.2. The van der Waals surface area contributed by atoms with E-state index in [1.165, 1.54) is 145 Å². The van der Waals surface area contributed by atoms with Crippen molar-refractivity contribution in [3.05, 3.63) is 241 Å². The molecule has 0 amide bonds. The van der Waals surface area contributed by atoms with E-state index < -0.39 is 155 Å². The van der Waals surface area contributed by atoms with Crippen LogP contribution in [0.2, 0.25) is 0 Å². The third-order valence-electron chi connectivity index (χ3n) is 23.2. The Hall–Kier alpha value is -8.34. The van der Waals surface area contributed by atoms with Crippen molar-refractivity contribution in [1.82, 2.24) is 0 Å². The molecule has 135 heavy (non-hydrogen) atoms. The number of nitrogens with two attached hydrogens (primary N) is 6. The quantitative estimate of drug-likeness (QED) is 0.0161. The first kappa shape index (κ1) is 112. The number of nitro benzene ring substituents is 1. The minimum Gasteiger partial charge on any atom is -0.399 e. The molecule has 0 saturated carbocycles. The van der Waals surface area contributed by atoms with E-state index in [0.29, 0.717) is 34.0 Å². The molecule has 21 atom stereocenters. The number of nitrogens with zero attached hydrogens (tertiary/aromatic N) is 8. The van der Waals surface area contributed by atoms with Crippen LogP contribution >= 0.6 is 82.3 Å². The zero-order valence-corrected chi connectivity index (χ0v) is 82.2. The predicted octanol–water partition coefficient (Wildman–Crippen LogP) is 19.0. The number of nitrogen functional groups attached to an aromatic ring is 2. The number of ether oxygens (including phenoxy) is 4. The van der Waals surface area contributed by atoms with Gasteiger partial charge in [0.15, 0.2) is 20.7 Å². The lowest BCUT2D eigenvalue weighted by molar-refractivity contribution is -0.385. The highest BCUT2D eigenvalue weighted by Crippen LogP contribution is 2.51. The van der Waals surface area contributed by atoms with Gasteiger partial charge in [0.2, 0.25) is 0 Å². The smallest absolute Gasteiger partial charge is 0.270 e. The maximum absolute atomic E-state index is 14.9. The summed E-state index contributed by atoms with van der Waals surface area (Å²) < 4.78 is 220. The zero-order valence-electron chi connectivity index (χ0n) is 76.5. The average Bonchev–Trinajstić information content (AvgIpc) is 0.774. The lowest BCUT2D eigenvalue weighted by atomic mass is 9.85. The van der Waals surface area contributed by atoms with Crippen LogP contribution in [-0.4, -0.2) is 199 Å². The van der Waals surface area contributed by atoms with E-state index in [9.17, 15) is 81.8 Å². The van der Waals surface area contributed by atoms with E-state index in [0.717, 1.165) is 75.3 Å². The summed E-state index contributed by atoms with van der Waals surface area (Å²) in [6.07, 6.45) is -9.16. The van der Waals surface area contributed by atoms with Gasteiger partial charge >= 0.3 is 0 Å². The number of halogens is 14. The number of alkyl halides is 7. The van der Waals surface area contributed by atoms with Crippen molar-refractivity contribution in [3.8, 4) is 0 Å². The second-order valence-electron chi connectivity index (χ2n) is 33.0. The van der Waals surface area contributed by atoms with Crippen LogP contribution in [0, 0.1) is 50.8 Å². The van der Waals surface area contributed by atoms with Crippen molar-refractivity contribution in [3.63, 3.8) is 0 Å². The largest absolute Gasteiger partial charge is 0.399 e. The molecule has 0 radical (unpaired) electrons. The van der Waals surface area contributed by atoms with E-state index in [1.807, 2.05) is 20.8 Å². The summed E-state index contributed by atoms with van der Waals surface area (Å²) in [6.45, 7) is 18.2. The number of aliphatic imine (C=N–C) groups is 7. The maximum Gasteiger partial charge on any atom is 0.270 e.